The number of carboxylic acids is 1. The fourth-order valence-corrected chi connectivity index (χ4v) is 1.43. The van der Waals surface area contributed by atoms with Gasteiger partial charge in [-0.1, -0.05) is 0 Å². The maximum atomic E-state index is 10.9. The topological polar surface area (TPSA) is 87.0 Å². The van der Waals surface area contributed by atoms with Gasteiger partial charge in [-0.15, -0.1) is 0 Å². The first-order chi connectivity index (χ1) is 7.45. The van der Waals surface area contributed by atoms with Gasteiger partial charge in [0.25, 0.3) is 0 Å². The molecule has 0 saturated heterocycles. The molecule has 0 saturated carbocycles. The van der Waals surface area contributed by atoms with E-state index in [-0.39, 0.29) is 23.5 Å². The van der Waals surface area contributed by atoms with Crippen LogP contribution in [0.1, 0.15) is 22.8 Å². The molecule has 0 spiro atoms. The molecule has 1 aromatic carbocycles. The summed E-state index contributed by atoms with van der Waals surface area (Å²) < 4.78 is 4.84. The highest BCUT2D eigenvalue weighted by Gasteiger charge is 2.16. The van der Waals surface area contributed by atoms with Gasteiger partial charge in [-0.25, -0.2) is 4.79 Å². The third-order valence-corrected chi connectivity index (χ3v) is 2.15. The Morgan fingerprint density at radius 2 is 2.12 bits per heavy atom. The van der Waals surface area contributed by atoms with E-state index in [0.29, 0.717) is 5.56 Å². The van der Waals surface area contributed by atoms with E-state index in [2.05, 4.69) is 0 Å². The van der Waals surface area contributed by atoms with Crippen molar-refractivity contribution in [3.63, 3.8) is 0 Å². The molecule has 0 aromatic heterocycles. The van der Waals surface area contributed by atoms with Crippen LogP contribution in [0.3, 0.4) is 0 Å². The number of methoxy groups -OCH3 is 1. The number of hydrogen-bond acceptors (Lipinski definition) is 4. The SMILES string of the molecule is COc1cc(O)c(CC(C)O)cc1C(=O)O. The van der Waals surface area contributed by atoms with E-state index in [4.69, 9.17) is 9.84 Å². The number of ether oxygens (including phenoxy) is 1. The Labute approximate surface area is 92.9 Å². The molecule has 1 rings (SSSR count). The zero-order valence-corrected chi connectivity index (χ0v) is 9.10. The van der Waals surface area contributed by atoms with Crippen LogP contribution in [0.15, 0.2) is 12.1 Å². The van der Waals surface area contributed by atoms with Crippen molar-refractivity contribution in [3.05, 3.63) is 23.3 Å². The summed E-state index contributed by atoms with van der Waals surface area (Å²) in [4.78, 5) is 10.9. The van der Waals surface area contributed by atoms with Crippen molar-refractivity contribution in [2.24, 2.45) is 0 Å². The second-order valence-corrected chi connectivity index (χ2v) is 3.54. The zero-order valence-electron chi connectivity index (χ0n) is 9.10. The highest BCUT2D eigenvalue weighted by molar-refractivity contribution is 5.91. The van der Waals surface area contributed by atoms with Crippen LogP contribution in [0.4, 0.5) is 0 Å². The van der Waals surface area contributed by atoms with Crippen molar-refractivity contribution >= 4 is 5.97 Å². The highest BCUT2D eigenvalue weighted by atomic mass is 16.5. The second-order valence-electron chi connectivity index (χ2n) is 3.54. The highest BCUT2D eigenvalue weighted by Crippen LogP contribution is 2.29. The fraction of sp³-hybridized carbons (Fsp3) is 0.364. The van der Waals surface area contributed by atoms with E-state index in [1.54, 1.807) is 6.92 Å². The summed E-state index contributed by atoms with van der Waals surface area (Å²) in [5.74, 6) is -1.12. The minimum absolute atomic E-state index is 0.0315. The normalized spacial score (nSPS) is 12.2. The number of hydrogen-bond donors (Lipinski definition) is 3. The Morgan fingerprint density at radius 1 is 1.50 bits per heavy atom. The summed E-state index contributed by atoms with van der Waals surface area (Å²) in [6.45, 7) is 1.56. The predicted molar refractivity (Wildman–Crippen MR) is 57.0 cm³/mol. The van der Waals surface area contributed by atoms with Crippen LogP contribution in [-0.2, 0) is 6.42 Å². The molecule has 5 heteroatoms. The minimum atomic E-state index is -1.14. The Hall–Kier alpha value is -1.75. The quantitative estimate of drug-likeness (QED) is 0.713. The van der Waals surface area contributed by atoms with Crippen LogP contribution in [0, 0.1) is 0 Å². The molecule has 0 aliphatic rings. The van der Waals surface area contributed by atoms with E-state index >= 15 is 0 Å². The largest absolute Gasteiger partial charge is 0.508 e. The number of phenolic OH excluding ortho intramolecular Hbond substituents is 1. The van der Waals surface area contributed by atoms with Crippen LogP contribution in [0.2, 0.25) is 0 Å². The smallest absolute Gasteiger partial charge is 0.339 e. The van der Waals surface area contributed by atoms with Crippen molar-refractivity contribution in [1.29, 1.82) is 0 Å². The maximum absolute atomic E-state index is 10.9. The molecule has 1 unspecified atom stereocenters. The first kappa shape index (κ1) is 12.3. The van der Waals surface area contributed by atoms with Gasteiger partial charge in [0.1, 0.15) is 17.1 Å². The van der Waals surface area contributed by atoms with Gasteiger partial charge in [-0.05, 0) is 18.6 Å². The summed E-state index contributed by atoms with van der Waals surface area (Å²) >= 11 is 0. The van der Waals surface area contributed by atoms with Crippen molar-refractivity contribution in [3.8, 4) is 11.5 Å². The lowest BCUT2D eigenvalue weighted by Gasteiger charge is -2.11. The van der Waals surface area contributed by atoms with E-state index in [1.807, 2.05) is 0 Å². The van der Waals surface area contributed by atoms with Gasteiger partial charge in [-0.2, -0.15) is 0 Å². The molecule has 3 N–H and O–H groups in total. The monoisotopic (exact) mass is 226 g/mol. The van der Waals surface area contributed by atoms with Gasteiger partial charge in [0.15, 0.2) is 0 Å². The lowest BCUT2D eigenvalue weighted by atomic mass is 10.0. The molecule has 5 nitrogen and oxygen atoms in total. The lowest BCUT2D eigenvalue weighted by Crippen LogP contribution is -2.07. The molecule has 0 aliphatic carbocycles. The number of carboxylic acid groups (broad SMARTS) is 1. The Bertz CT molecular complexity index is 398. The number of aromatic carboxylic acids is 1. The van der Waals surface area contributed by atoms with Crippen molar-refractivity contribution < 1.29 is 24.9 Å². The number of benzene rings is 1. The molecule has 0 fully saturated rings. The van der Waals surface area contributed by atoms with E-state index < -0.39 is 12.1 Å². The third kappa shape index (κ3) is 2.64. The van der Waals surface area contributed by atoms with E-state index in [9.17, 15) is 15.0 Å². The molecule has 1 atom stereocenters. The van der Waals surface area contributed by atoms with Crippen LogP contribution in [0.25, 0.3) is 0 Å². The lowest BCUT2D eigenvalue weighted by molar-refractivity contribution is 0.0693. The van der Waals surface area contributed by atoms with Gasteiger partial charge in [-0.3, -0.25) is 0 Å². The van der Waals surface area contributed by atoms with Gasteiger partial charge in [0, 0.05) is 12.5 Å². The number of rotatable bonds is 4. The molecular formula is C11H14O5. The molecule has 16 heavy (non-hydrogen) atoms. The molecular weight excluding hydrogens is 212 g/mol. The summed E-state index contributed by atoms with van der Waals surface area (Å²) in [5.41, 5.74) is 0.351. The van der Waals surface area contributed by atoms with Crippen molar-refractivity contribution in [2.45, 2.75) is 19.4 Å². The molecule has 0 aliphatic heterocycles. The van der Waals surface area contributed by atoms with Crippen LogP contribution < -0.4 is 4.74 Å². The second kappa shape index (κ2) is 4.85. The summed E-state index contributed by atoms with van der Waals surface area (Å²) in [6.07, 6.45) is -0.461. The first-order valence-electron chi connectivity index (χ1n) is 4.77. The molecule has 88 valence electrons. The fourth-order valence-electron chi connectivity index (χ4n) is 1.43. The van der Waals surface area contributed by atoms with Gasteiger partial charge < -0.3 is 20.1 Å². The summed E-state index contributed by atoms with van der Waals surface area (Å²) in [5, 5.41) is 27.7. The molecule has 0 radical (unpaired) electrons. The van der Waals surface area contributed by atoms with Crippen molar-refractivity contribution in [1.82, 2.24) is 0 Å². The predicted octanol–water partition coefficient (Wildman–Crippen LogP) is 1.02. The van der Waals surface area contributed by atoms with Gasteiger partial charge in [0.2, 0.25) is 0 Å². The van der Waals surface area contributed by atoms with Gasteiger partial charge >= 0.3 is 5.97 Å². The Kier molecular flexibility index (Phi) is 3.73. The van der Waals surface area contributed by atoms with Crippen LogP contribution in [-0.4, -0.2) is 34.5 Å². The average molecular weight is 226 g/mol. The number of carbonyl (C=O) groups is 1. The molecule has 1 aromatic rings. The standard InChI is InChI=1S/C11H14O5/c1-6(12)3-7-4-8(11(14)15)10(16-2)5-9(7)13/h4-6,12-13H,3H2,1-2H3,(H,14,15). The number of aliphatic hydroxyl groups excluding tert-OH is 1. The minimum Gasteiger partial charge on any atom is -0.508 e. The Morgan fingerprint density at radius 3 is 2.56 bits per heavy atom. The van der Waals surface area contributed by atoms with Crippen LogP contribution in [0.5, 0.6) is 11.5 Å². The molecule has 0 heterocycles. The number of aromatic hydroxyl groups is 1. The van der Waals surface area contributed by atoms with Crippen molar-refractivity contribution in [2.75, 3.05) is 7.11 Å². The summed E-state index contributed by atoms with van der Waals surface area (Å²) in [6, 6.07) is 2.55. The van der Waals surface area contributed by atoms with Gasteiger partial charge in [0.05, 0.1) is 13.2 Å². The van der Waals surface area contributed by atoms with Crippen LogP contribution >= 0.6 is 0 Å². The first-order valence-corrected chi connectivity index (χ1v) is 4.77. The third-order valence-electron chi connectivity index (χ3n) is 2.15. The van der Waals surface area contributed by atoms with E-state index in [1.165, 1.54) is 19.2 Å². The van der Waals surface area contributed by atoms with E-state index in [0.717, 1.165) is 0 Å². The average Bonchev–Trinajstić information content (AvgIpc) is 2.19. The Balaban J connectivity index is 3.22. The molecule has 0 amide bonds. The molecule has 0 bridgehead atoms. The zero-order chi connectivity index (χ0) is 12.3. The number of phenols is 1. The number of aliphatic hydroxyl groups is 1. The summed E-state index contributed by atoms with van der Waals surface area (Å²) in [7, 11) is 1.33. The maximum Gasteiger partial charge on any atom is 0.339 e.